The van der Waals surface area contributed by atoms with Gasteiger partial charge in [0.1, 0.15) is 18.3 Å². The standard InChI is InChI=1S/C10H15ClO7/c1-12-9-14-3-4(15-9)6-5(11)7-8(16-6)18-10(13-2)17-7/h4-10H,3H2,1-2H3. The van der Waals surface area contributed by atoms with Gasteiger partial charge in [0, 0.05) is 14.2 Å². The van der Waals surface area contributed by atoms with Gasteiger partial charge in [0.05, 0.1) is 12.0 Å². The van der Waals surface area contributed by atoms with E-state index in [4.69, 9.17) is 44.8 Å². The lowest BCUT2D eigenvalue weighted by molar-refractivity contribution is -0.270. The Morgan fingerprint density at radius 2 is 1.72 bits per heavy atom. The lowest BCUT2D eigenvalue weighted by Crippen LogP contribution is -2.38. The van der Waals surface area contributed by atoms with Gasteiger partial charge in [0.15, 0.2) is 6.29 Å². The fourth-order valence-corrected chi connectivity index (χ4v) is 2.66. The Labute approximate surface area is 109 Å². The number of alkyl halides is 1. The van der Waals surface area contributed by atoms with Crippen LogP contribution in [0.15, 0.2) is 0 Å². The summed E-state index contributed by atoms with van der Waals surface area (Å²) in [4.78, 5) is 0. The topological polar surface area (TPSA) is 64.6 Å². The summed E-state index contributed by atoms with van der Waals surface area (Å²) in [6.07, 6.45) is -1.56. The molecule has 0 aromatic carbocycles. The molecule has 3 saturated heterocycles. The summed E-state index contributed by atoms with van der Waals surface area (Å²) in [5.41, 5.74) is 0. The molecular weight excluding hydrogens is 268 g/mol. The molecule has 0 saturated carbocycles. The van der Waals surface area contributed by atoms with Crippen LogP contribution in [0.25, 0.3) is 0 Å². The Kier molecular flexibility index (Phi) is 3.75. The SMILES string of the molecule is COC1OCC(C2OC3OC(OC)OC3C2Cl)O1. The summed E-state index contributed by atoms with van der Waals surface area (Å²) in [5.74, 6) is 0. The van der Waals surface area contributed by atoms with Crippen molar-refractivity contribution in [3.05, 3.63) is 0 Å². The van der Waals surface area contributed by atoms with Gasteiger partial charge in [0.25, 0.3) is 13.0 Å². The van der Waals surface area contributed by atoms with E-state index >= 15 is 0 Å². The number of hydrogen-bond donors (Lipinski definition) is 0. The van der Waals surface area contributed by atoms with Crippen molar-refractivity contribution < 1.29 is 33.2 Å². The van der Waals surface area contributed by atoms with Crippen LogP contribution in [0.4, 0.5) is 0 Å². The van der Waals surface area contributed by atoms with Crippen LogP contribution >= 0.6 is 11.6 Å². The first-order valence-electron chi connectivity index (χ1n) is 5.66. The summed E-state index contributed by atoms with van der Waals surface area (Å²) in [6, 6.07) is 0. The molecule has 8 heteroatoms. The normalized spacial score (nSPS) is 51.8. The van der Waals surface area contributed by atoms with Crippen LogP contribution in [0.5, 0.6) is 0 Å². The van der Waals surface area contributed by atoms with Crippen LogP contribution < -0.4 is 0 Å². The fourth-order valence-electron chi connectivity index (χ4n) is 2.26. The van der Waals surface area contributed by atoms with Crippen LogP contribution in [0.1, 0.15) is 0 Å². The minimum atomic E-state index is -0.727. The molecule has 0 bridgehead atoms. The van der Waals surface area contributed by atoms with Gasteiger partial charge in [0.2, 0.25) is 0 Å². The van der Waals surface area contributed by atoms with Crippen molar-refractivity contribution in [2.75, 3.05) is 20.8 Å². The molecule has 3 aliphatic heterocycles. The zero-order valence-electron chi connectivity index (χ0n) is 9.98. The van der Waals surface area contributed by atoms with Crippen molar-refractivity contribution in [1.29, 1.82) is 0 Å². The minimum Gasteiger partial charge on any atom is -0.342 e. The molecular formula is C10H15ClO7. The number of halogens is 1. The number of fused-ring (bicyclic) bond motifs is 1. The van der Waals surface area contributed by atoms with E-state index in [2.05, 4.69) is 0 Å². The Balaban J connectivity index is 1.61. The molecule has 7 nitrogen and oxygen atoms in total. The Morgan fingerprint density at radius 3 is 2.33 bits per heavy atom. The second-order valence-corrected chi connectivity index (χ2v) is 4.71. The van der Waals surface area contributed by atoms with Crippen LogP contribution in [0.2, 0.25) is 0 Å². The lowest BCUT2D eigenvalue weighted by Gasteiger charge is -2.21. The number of hydrogen-bond acceptors (Lipinski definition) is 7. The van der Waals surface area contributed by atoms with Crippen LogP contribution in [-0.2, 0) is 33.2 Å². The van der Waals surface area contributed by atoms with E-state index in [0.717, 1.165) is 0 Å². The molecule has 0 N–H and O–H groups in total. The highest BCUT2D eigenvalue weighted by atomic mass is 35.5. The molecule has 3 rings (SSSR count). The fraction of sp³-hybridized carbons (Fsp3) is 1.00. The first-order valence-corrected chi connectivity index (χ1v) is 6.09. The Bertz CT molecular complexity index is 304. The van der Waals surface area contributed by atoms with E-state index in [1.165, 1.54) is 14.2 Å². The highest BCUT2D eigenvalue weighted by Crippen LogP contribution is 2.38. The van der Waals surface area contributed by atoms with E-state index in [1.807, 2.05) is 0 Å². The largest absolute Gasteiger partial charge is 0.342 e. The molecule has 0 aromatic heterocycles. The van der Waals surface area contributed by atoms with Crippen LogP contribution in [0, 0.1) is 0 Å². The molecule has 0 aliphatic carbocycles. The average molecular weight is 283 g/mol. The summed E-state index contributed by atoms with van der Waals surface area (Å²) in [5, 5.41) is -0.389. The van der Waals surface area contributed by atoms with E-state index in [0.29, 0.717) is 6.61 Å². The molecule has 3 aliphatic rings. The summed E-state index contributed by atoms with van der Waals surface area (Å²) < 4.78 is 37.1. The number of methoxy groups -OCH3 is 2. The zero-order valence-corrected chi connectivity index (χ0v) is 10.7. The van der Waals surface area contributed by atoms with E-state index in [-0.39, 0.29) is 23.7 Å². The third-order valence-corrected chi connectivity index (χ3v) is 3.63. The van der Waals surface area contributed by atoms with E-state index in [1.54, 1.807) is 0 Å². The predicted octanol–water partition coefficient (Wildman–Crippen LogP) is 0.00950. The zero-order chi connectivity index (χ0) is 12.7. The van der Waals surface area contributed by atoms with Crippen molar-refractivity contribution in [1.82, 2.24) is 0 Å². The molecule has 0 radical (unpaired) electrons. The quantitative estimate of drug-likeness (QED) is 0.676. The maximum absolute atomic E-state index is 6.31. The first kappa shape index (κ1) is 13.0. The van der Waals surface area contributed by atoms with Crippen LogP contribution in [-0.4, -0.2) is 63.8 Å². The van der Waals surface area contributed by atoms with E-state index in [9.17, 15) is 0 Å². The minimum absolute atomic E-state index is 0.295. The van der Waals surface area contributed by atoms with Gasteiger partial charge in [-0.15, -0.1) is 11.6 Å². The van der Waals surface area contributed by atoms with Crippen LogP contribution in [0.3, 0.4) is 0 Å². The molecule has 7 atom stereocenters. The second-order valence-electron chi connectivity index (χ2n) is 4.21. The smallest absolute Gasteiger partial charge is 0.274 e. The lowest BCUT2D eigenvalue weighted by atomic mass is 10.1. The average Bonchev–Trinajstić information content (AvgIpc) is 3.05. The van der Waals surface area contributed by atoms with Crippen molar-refractivity contribution in [2.24, 2.45) is 0 Å². The van der Waals surface area contributed by atoms with Crippen molar-refractivity contribution in [2.45, 2.75) is 42.9 Å². The predicted molar refractivity (Wildman–Crippen MR) is 56.7 cm³/mol. The highest BCUT2D eigenvalue weighted by Gasteiger charge is 2.55. The van der Waals surface area contributed by atoms with E-state index < -0.39 is 19.2 Å². The molecule has 0 aromatic rings. The van der Waals surface area contributed by atoms with Gasteiger partial charge < -0.3 is 28.4 Å². The van der Waals surface area contributed by atoms with Crippen molar-refractivity contribution in [3.8, 4) is 0 Å². The van der Waals surface area contributed by atoms with Crippen molar-refractivity contribution in [3.63, 3.8) is 0 Å². The van der Waals surface area contributed by atoms with Gasteiger partial charge in [-0.05, 0) is 0 Å². The number of ether oxygens (including phenoxy) is 7. The summed E-state index contributed by atoms with van der Waals surface area (Å²) in [6.45, 7) is -1.04. The molecule has 18 heavy (non-hydrogen) atoms. The molecule has 104 valence electrons. The van der Waals surface area contributed by atoms with Gasteiger partial charge in [-0.2, -0.15) is 0 Å². The number of rotatable bonds is 3. The molecule has 7 unspecified atom stereocenters. The summed E-state index contributed by atoms with van der Waals surface area (Å²) in [7, 11) is 2.99. The van der Waals surface area contributed by atoms with Gasteiger partial charge in [-0.3, -0.25) is 4.74 Å². The van der Waals surface area contributed by atoms with Gasteiger partial charge in [-0.1, -0.05) is 0 Å². The van der Waals surface area contributed by atoms with Gasteiger partial charge >= 0.3 is 0 Å². The molecule has 0 amide bonds. The Hall–Kier alpha value is 0.01000. The molecule has 0 spiro atoms. The second kappa shape index (κ2) is 5.18. The monoisotopic (exact) mass is 282 g/mol. The third-order valence-electron chi connectivity index (χ3n) is 3.13. The maximum Gasteiger partial charge on any atom is 0.274 e. The van der Waals surface area contributed by atoms with Crippen molar-refractivity contribution >= 4 is 11.6 Å². The highest BCUT2D eigenvalue weighted by molar-refractivity contribution is 6.21. The maximum atomic E-state index is 6.31. The molecule has 3 heterocycles. The Morgan fingerprint density at radius 1 is 0.944 bits per heavy atom. The molecule has 3 fully saturated rings. The summed E-state index contributed by atoms with van der Waals surface area (Å²) >= 11 is 6.31. The third kappa shape index (κ3) is 2.14. The van der Waals surface area contributed by atoms with Gasteiger partial charge in [-0.25, -0.2) is 0 Å². The first-order chi connectivity index (χ1) is 8.72.